The van der Waals surface area contributed by atoms with E-state index in [9.17, 15) is 18.4 Å². The lowest BCUT2D eigenvalue weighted by Crippen LogP contribution is -2.38. The number of nitrogens with one attached hydrogen (secondary N) is 4. The molecule has 1 aromatic carbocycles. The first kappa shape index (κ1) is 22.9. The zero-order chi connectivity index (χ0) is 22.5. The molecule has 1 aromatic heterocycles. The van der Waals surface area contributed by atoms with E-state index in [1.807, 2.05) is 6.92 Å². The van der Waals surface area contributed by atoms with Crippen LogP contribution in [0.2, 0.25) is 0 Å². The number of halogens is 2. The molecule has 4 N–H and O–H groups in total. The quantitative estimate of drug-likeness (QED) is 0.382. The summed E-state index contributed by atoms with van der Waals surface area (Å²) in [6.07, 6.45) is 1.18. The van der Waals surface area contributed by atoms with Crippen LogP contribution in [0.1, 0.15) is 31.4 Å². The van der Waals surface area contributed by atoms with Gasteiger partial charge in [-0.25, -0.2) is 13.8 Å². The fourth-order valence-electron chi connectivity index (χ4n) is 2.82. The van der Waals surface area contributed by atoms with Crippen LogP contribution in [0.3, 0.4) is 0 Å². The Bertz CT molecular complexity index is 962. The first-order valence-electron chi connectivity index (χ1n) is 9.38. The molecule has 0 spiro atoms. The molecule has 2 amide bonds. The highest BCUT2D eigenvalue weighted by atomic mass is 19.3. The molecule has 1 unspecified atom stereocenters. The first-order chi connectivity index (χ1) is 14.1. The average Bonchev–Trinajstić information content (AvgIpc) is 2.69. The fraction of sp³-hybridized carbons (Fsp3) is 0.333. The van der Waals surface area contributed by atoms with Crippen LogP contribution in [0.15, 0.2) is 36.5 Å². The number of amides is 2. The van der Waals surface area contributed by atoms with E-state index in [-0.39, 0.29) is 29.2 Å². The fourth-order valence-corrected chi connectivity index (χ4v) is 2.82. The highest BCUT2D eigenvalue weighted by Crippen LogP contribution is 2.32. The minimum Gasteiger partial charge on any atom is -0.388 e. The number of aryl methyl sites for hydroxylation is 1. The standard InChI is InChI=1S/C21H25F2N5O2/c1-5-21(22,23)14-7-6-8-15(9-14)27-19(29)18(13(3)24)20(30)28-17-10-16(25-4)12(2)11-26-17/h6-11,18,24H,5H2,1-4H3,(H,27,29)(H2,25,26,28,30). The van der Waals surface area contributed by atoms with Gasteiger partial charge < -0.3 is 21.4 Å². The lowest BCUT2D eigenvalue weighted by atomic mass is 10.0. The molecule has 0 bridgehead atoms. The molecule has 0 aliphatic rings. The normalized spacial score (nSPS) is 12.1. The van der Waals surface area contributed by atoms with Crippen molar-refractivity contribution >= 4 is 34.7 Å². The second-order valence-corrected chi connectivity index (χ2v) is 6.87. The number of rotatable bonds is 8. The Hall–Kier alpha value is -3.36. The number of alkyl halides is 2. The third kappa shape index (κ3) is 5.37. The summed E-state index contributed by atoms with van der Waals surface area (Å²) in [6.45, 7) is 4.54. The number of hydrogen-bond acceptors (Lipinski definition) is 5. The molecular weight excluding hydrogens is 392 g/mol. The van der Waals surface area contributed by atoms with Crippen LogP contribution in [0.4, 0.5) is 26.0 Å². The molecule has 160 valence electrons. The average molecular weight is 417 g/mol. The van der Waals surface area contributed by atoms with Gasteiger partial charge in [0.25, 0.3) is 5.92 Å². The van der Waals surface area contributed by atoms with E-state index in [1.54, 1.807) is 19.3 Å². The van der Waals surface area contributed by atoms with Gasteiger partial charge >= 0.3 is 0 Å². The number of pyridine rings is 1. The molecular formula is C21H25F2N5O2. The van der Waals surface area contributed by atoms with Gasteiger partial charge in [0.15, 0.2) is 5.92 Å². The molecule has 7 nitrogen and oxygen atoms in total. The largest absolute Gasteiger partial charge is 0.388 e. The van der Waals surface area contributed by atoms with Crippen LogP contribution in [-0.2, 0) is 15.5 Å². The summed E-state index contributed by atoms with van der Waals surface area (Å²) in [4.78, 5) is 29.4. The van der Waals surface area contributed by atoms with E-state index < -0.39 is 23.7 Å². The number of benzene rings is 1. The second kappa shape index (κ2) is 9.43. The molecule has 2 aromatic rings. The van der Waals surface area contributed by atoms with Crippen LogP contribution in [-0.4, -0.2) is 29.6 Å². The Morgan fingerprint density at radius 3 is 2.47 bits per heavy atom. The van der Waals surface area contributed by atoms with E-state index in [4.69, 9.17) is 5.41 Å². The topological polar surface area (TPSA) is 107 Å². The second-order valence-electron chi connectivity index (χ2n) is 6.87. The van der Waals surface area contributed by atoms with Crippen LogP contribution < -0.4 is 16.0 Å². The third-order valence-corrected chi connectivity index (χ3v) is 4.58. The summed E-state index contributed by atoms with van der Waals surface area (Å²) < 4.78 is 27.9. The van der Waals surface area contributed by atoms with Crippen molar-refractivity contribution in [3.05, 3.63) is 47.7 Å². The summed E-state index contributed by atoms with van der Waals surface area (Å²) in [5, 5.41) is 15.8. The highest BCUT2D eigenvalue weighted by Gasteiger charge is 2.31. The number of carbonyl (C=O) groups excluding carboxylic acids is 2. The molecule has 1 heterocycles. The number of hydrogen-bond donors (Lipinski definition) is 4. The zero-order valence-corrected chi connectivity index (χ0v) is 17.3. The van der Waals surface area contributed by atoms with E-state index in [1.165, 1.54) is 32.0 Å². The van der Waals surface area contributed by atoms with Crippen molar-refractivity contribution in [1.82, 2.24) is 4.98 Å². The third-order valence-electron chi connectivity index (χ3n) is 4.58. The van der Waals surface area contributed by atoms with E-state index >= 15 is 0 Å². The molecule has 30 heavy (non-hydrogen) atoms. The maximum atomic E-state index is 13.9. The Labute approximate surface area is 173 Å². The van der Waals surface area contributed by atoms with Crippen molar-refractivity contribution in [2.45, 2.75) is 33.1 Å². The van der Waals surface area contributed by atoms with Gasteiger partial charge in [0.1, 0.15) is 5.82 Å². The van der Waals surface area contributed by atoms with Gasteiger partial charge in [-0.1, -0.05) is 19.1 Å². The van der Waals surface area contributed by atoms with Crippen LogP contribution in [0.5, 0.6) is 0 Å². The summed E-state index contributed by atoms with van der Waals surface area (Å²) in [6, 6.07) is 6.89. The number of carbonyl (C=O) groups is 2. The van der Waals surface area contributed by atoms with Crippen molar-refractivity contribution in [3.8, 4) is 0 Å². The molecule has 1 atom stereocenters. The highest BCUT2D eigenvalue weighted by molar-refractivity contribution is 6.24. The Balaban J connectivity index is 2.20. The summed E-state index contributed by atoms with van der Waals surface area (Å²) in [7, 11) is 1.72. The van der Waals surface area contributed by atoms with Crippen LogP contribution >= 0.6 is 0 Å². The van der Waals surface area contributed by atoms with Crippen molar-refractivity contribution in [2.24, 2.45) is 5.92 Å². The van der Waals surface area contributed by atoms with Crippen molar-refractivity contribution in [3.63, 3.8) is 0 Å². The van der Waals surface area contributed by atoms with E-state index in [0.29, 0.717) is 0 Å². The van der Waals surface area contributed by atoms with E-state index in [2.05, 4.69) is 20.9 Å². The van der Waals surface area contributed by atoms with Gasteiger partial charge in [0.05, 0.1) is 0 Å². The van der Waals surface area contributed by atoms with Gasteiger partial charge in [0, 0.05) is 48.4 Å². The Morgan fingerprint density at radius 1 is 1.20 bits per heavy atom. The van der Waals surface area contributed by atoms with Crippen molar-refractivity contribution in [2.75, 3.05) is 23.0 Å². The molecule has 0 saturated heterocycles. The van der Waals surface area contributed by atoms with Gasteiger partial charge in [-0.3, -0.25) is 9.59 Å². The minimum absolute atomic E-state index is 0.121. The number of aromatic nitrogens is 1. The zero-order valence-electron chi connectivity index (χ0n) is 17.3. The predicted molar refractivity (Wildman–Crippen MR) is 113 cm³/mol. The number of anilines is 3. The molecule has 0 radical (unpaired) electrons. The summed E-state index contributed by atoms with van der Waals surface area (Å²) in [5.74, 6) is -5.79. The number of nitrogens with zero attached hydrogens (tertiary/aromatic N) is 1. The molecule has 0 aliphatic carbocycles. The van der Waals surface area contributed by atoms with Crippen LogP contribution in [0, 0.1) is 18.3 Å². The molecule has 0 saturated carbocycles. The molecule has 0 aliphatic heterocycles. The lowest BCUT2D eigenvalue weighted by molar-refractivity contribution is -0.126. The van der Waals surface area contributed by atoms with Crippen LogP contribution in [0.25, 0.3) is 0 Å². The minimum atomic E-state index is -3.03. The smallest absolute Gasteiger partial charge is 0.273 e. The maximum Gasteiger partial charge on any atom is 0.273 e. The van der Waals surface area contributed by atoms with Gasteiger partial charge in [0.2, 0.25) is 11.8 Å². The molecule has 0 fully saturated rings. The van der Waals surface area contributed by atoms with Gasteiger partial charge in [-0.05, 0) is 31.5 Å². The summed E-state index contributed by atoms with van der Waals surface area (Å²) in [5.41, 5.74) is 1.31. The monoisotopic (exact) mass is 417 g/mol. The Kier molecular flexibility index (Phi) is 7.20. The van der Waals surface area contributed by atoms with Crippen molar-refractivity contribution in [1.29, 1.82) is 5.41 Å². The molecule has 9 heteroatoms. The van der Waals surface area contributed by atoms with Gasteiger partial charge in [-0.15, -0.1) is 0 Å². The SMILES string of the molecule is CCC(F)(F)c1cccc(NC(=O)C(C(C)=N)C(=O)Nc2cc(NC)c(C)cn2)c1. The maximum absolute atomic E-state index is 13.9. The Morgan fingerprint density at radius 2 is 1.87 bits per heavy atom. The first-order valence-corrected chi connectivity index (χ1v) is 9.38. The summed E-state index contributed by atoms with van der Waals surface area (Å²) >= 11 is 0. The predicted octanol–water partition coefficient (Wildman–Crippen LogP) is 4.17. The van der Waals surface area contributed by atoms with E-state index in [0.717, 1.165) is 17.3 Å². The van der Waals surface area contributed by atoms with Gasteiger partial charge in [-0.2, -0.15) is 0 Å². The lowest BCUT2D eigenvalue weighted by Gasteiger charge is -2.18. The van der Waals surface area contributed by atoms with Crippen molar-refractivity contribution < 1.29 is 18.4 Å². The molecule has 2 rings (SSSR count).